The van der Waals surface area contributed by atoms with E-state index in [-0.39, 0.29) is 12.4 Å². The third kappa shape index (κ3) is 2.65. The second-order valence-electron chi connectivity index (χ2n) is 4.39. The molecule has 0 aliphatic rings. The minimum absolute atomic E-state index is 0. The number of nitrogen functional groups attached to an aromatic ring is 1. The van der Waals surface area contributed by atoms with Gasteiger partial charge in [-0.1, -0.05) is 30.3 Å². The molecule has 0 saturated heterocycles. The van der Waals surface area contributed by atoms with E-state index < -0.39 is 0 Å². The number of nitrogens with one attached hydrogen (secondary N) is 1. The molecule has 102 valence electrons. The van der Waals surface area contributed by atoms with Gasteiger partial charge in [0.1, 0.15) is 5.82 Å². The largest absolute Gasteiger partial charge is 0.383 e. The lowest BCUT2D eigenvalue weighted by molar-refractivity contribution is 1.21. The van der Waals surface area contributed by atoms with Crippen molar-refractivity contribution >= 4 is 40.8 Å². The number of aromatic nitrogens is 2. The molecule has 1 heterocycles. The van der Waals surface area contributed by atoms with E-state index in [2.05, 4.69) is 15.3 Å². The summed E-state index contributed by atoms with van der Waals surface area (Å²) in [6.07, 6.45) is 0. The summed E-state index contributed by atoms with van der Waals surface area (Å²) in [4.78, 5) is 8.76. The molecule has 0 saturated carbocycles. The van der Waals surface area contributed by atoms with Gasteiger partial charge in [0.2, 0.25) is 5.95 Å². The lowest BCUT2D eigenvalue weighted by Crippen LogP contribution is -2.02. The zero-order valence-corrected chi connectivity index (χ0v) is 11.8. The number of nitrogens with two attached hydrogens (primary N) is 1. The van der Waals surface area contributed by atoms with E-state index in [1.165, 1.54) is 0 Å². The lowest BCUT2D eigenvalue weighted by atomic mass is 10.2. The van der Waals surface area contributed by atoms with Crippen LogP contribution in [0.1, 0.15) is 5.56 Å². The molecule has 0 spiro atoms. The Morgan fingerprint density at radius 2 is 1.65 bits per heavy atom. The zero-order valence-electron chi connectivity index (χ0n) is 11.0. The summed E-state index contributed by atoms with van der Waals surface area (Å²) in [5, 5.41) is 4.08. The van der Waals surface area contributed by atoms with Crippen LogP contribution in [-0.4, -0.2) is 9.97 Å². The highest BCUT2D eigenvalue weighted by molar-refractivity contribution is 5.89. The highest BCUT2D eigenvalue weighted by Crippen LogP contribution is 2.22. The highest BCUT2D eigenvalue weighted by Gasteiger charge is 2.05. The average molecular weight is 287 g/mol. The van der Waals surface area contributed by atoms with E-state index in [0.29, 0.717) is 11.8 Å². The molecule has 0 bridgehead atoms. The number of benzene rings is 2. The van der Waals surface area contributed by atoms with Crippen LogP contribution in [-0.2, 0) is 0 Å². The molecule has 0 aliphatic heterocycles. The van der Waals surface area contributed by atoms with Crippen molar-refractivity contribution < 1.29 is 0 Å². The number of nitrogens with zero attached hydrogens (tertiary/aromatic N) is 2. The van der Waals surface area contributed by atoms with E-state index in [1.54, 1.807) is 0 Å². The van der Waals surface area contributed by atoms with Gasteiger partial charge in [0.15, 0.2) is 0 Å². The van der Waals surface area contributed by atoms with Crippen LogP contribution in [0.3, 0.4) is 0 Å². The minimum Gasteiger partial charge on any atom is -0.383 e. The molecule has 3 aromatic rings. The normalized spacial score (nSPS) is 10.1. The summed E-state index contributed by atoms with van der Waals surface area (Å²) < 4.78 is 0. The zero-order chi connectivity index (χ0) is 13.2. The van der Waals surface area contributed by atoms with Crippen molar-refractivity contribution in [2.45, 2.75) is 6.92 Å². The van der Waals surface area contributed by atoms with Crippen LogP contribution in [0.25, 0.3) is 10.9 Å². The van der Waals surface area contributed by atoms with Gasteiger partial charge < -0.3 is 11.1 Å². The Kier molecular flexibility index (Phi) is 4.05. The molecule has 0 radical (unpaired) electrons. The standard InChI is InChI=1S/C15H14N4.ClH/c1-10-6-2-4-8-12(10)17-15-18-13-9-5-3-7-11(13)14(16)19-15;/h2-9H,1H3,(H3,16,17,18,19);1H. The summed E-state index contributed by atoms with van der Waals surface area (Å²) in [7, 11) is 0. The van der Waals surface area contributed by atoms with Gasteiger partial charge in [-0.2, -0.15) is 4.98 Å². The molecular formula is C15H15ClN4. The molecule has 0 atom stereocenters. The molecule has 0 fully saturated rings. The van der Waals surface area contributed by atoms with E-state index in [0.717, 1.165) is 22.2 Å². The van der Waals surface area contributed by atoms with Crippen molar-refractivity contribution in [1.29, 1.82) is 0 Å². The van der Waals surface area contributed by atoms with Crippen LogP contribution in [0.4, 0.5) is 17.5 Å². The fourth-order valence-electron chi connectivity index (χ4n) is 1.99. The topological polar surface area (TPSA) is 63.8 Å². The molecule has 3 N–H and O–H groups in total. The van der Waals surface area contributed by atoms with Gasteiger partial charge in [0, 0.05) is 11.1 Å². The fourth-order valence-corrected chi connectivity index (χ4v) is 1.99. The molecule has 4 nitrogen and oxygen atoms in total. The predicted molar refractivity (Wildman–Crippen MR) is 85.7 cm³/mol. The summed E-state index contributed by atoms with van der Waals surface area (Å²) in [6, 6.07) is 15.7. The molecule has 3 rings (SSSR count). The molecule has 0 amide bonds. The van der Waals surface area contributed by atoms with E-state index >= 15 is 0 Å². The Balaban J connectivity index is 0.00000147. The number of para-hydroxylation sites is 2. The van der Waals surface area contributed by atoms with Gasteiger partial charge in [0.05, 0.1) is 5.52 Å². The third-order valence-electron chi connectivity index (χ3n) is 3.02. The Labute approximate surface area is 123 Å². The first-order valence-corrected chi connectivity index (χ1v) is 6.09. The van der Waals surface area contributed by atoms with Crippen molar-refractivity contribution in [3.63, 3.8) is 0 Å². The number of hydrogen-bond donors (Lipinski definition) is 2. The SMILES string of the molecule is Cc1ccccc1Nc1nc(N)c2ccccc2n1.Cl. The molecule has 5 heteroatoms. The van der Waals surface area contributed by atoms with E-state index in [4.69, 9.17) is 5.73 Å². The van der Waals surface area contributed by atoms with Gasteiger partial charge in [-0.05, 0) is 30.7 Å². The molecule has 1 aromatic heterocycles. The van der Waals surface area contributed by atoms with E-state index in [9.17, 15) is 0 Å². The third-order valence-corrected chi connectivity index (χ3v) is 3.02. The maximum Gasteiger partial charge on any atom is 0.229 e. The first kappa shape index (κ1) is 14.1. The number of halogens is 1. The Morgan fingerprint density at radius 3 is 2.45 bits per heavy atom. The summed E-state index contributed by atoms with van der Waals surface area (Å²) in [5.74, 6) is 1.01. The van der Waals surface area contributed by atoms with Crippen molar-refractivity contribution in [1.82, 2.24) is 9.97 Å². The minimum atomic E-state index is 0. The first-order chi connectivity index (χ1) is 9.24. The van der Waals surface area contributed by atoms with Gasteiger partial charge in [-0.25, -0.2) is 4.98 Å². The van der Waals surface area contributed by atoms with Gasteiger partial charge in [0.25, 0.3) is 0 Å². The number of anilines is 3. The Bertz CT molecular complexity index is 743. The quantitative estimate of drug-likeness (QED) is 0.754. The number of aryl methyl sites for hydroxylation is 1. The molecule has 2 aromatic carbocycles. The number of hydrogen-bond acceptors (Lipinski definition) is 4. The molecular weight excluding hydrogens is 272 g/mol. The van der Waals surface area contributed by atoms with Crippen LogP contribution >= 0.6 is 12.4 Å². The second-order valence-corrected chi connectivity index (χ2v) is 4.39. The van der Waals surface area contributed by atoms with Gasteiger partial charge in [-0.15, -0.1) is 12.4 Å². The number of rotatable bonds is 2. The van der Waals surface area contributed by atoms with Crippen LogP contribution in [0.5, 0.6) is 0 Å². The smallest absolute Gasteiger partial charge is 0.229 e. The monoisotopic (exact) mass is 286 g/mol. The average Bonchev–Trinajstić information content (AvgIpc) is 2.42. The maximum absolute atomic E-state index is 5.96. The van der Waals surface area contributed by atoms with Gasteiger partial charge >= 0.3 is 0 Å². The first-order valence-electron chi connectivity index (χ1n) is 6.09. The predicted octanol–water partition coefficient (Wildman–Crippen LogP) is 3.69. The van der Waals surface area contributed by atoms with Crippen molar-refractivity contribution in [3.8, 4) is 0 Å². The molecule has 20 heavy (non-hydrogen) atoms. The second kappa shape index (κ2) is 5.75. The lowest BCUT2D eigenvalue weighted by Gasteiger charge is -2.09. The Hall–Kier alpha value is -2.33. The molecule has 0 aliphatic carbocycles. The highest BCUT2D eigenvalue weighted by atomic mass is 35.5. The maximum atomic E-state index is 5.96. The van der Waals surface area contributed by atoms with E-state index in [1.807, 2.05) is 55.5 Å². The Morgan fingerprint density at radius 1 is 0.950 bits per heavy atom. The fraction of sp³-hybridized carbons (Fsp3) is 0.0667. The molecule has 0 unspecified atom stereocenters. The van der Waals surface area contributed by atoms with Crippen LogP contribution in [0, 0.1) is 6.92 Å². The van der Waals surface area contributed by atoms with Crippen LogP contribution in [0.2, 0.25) is 0 Å². The van der Waals surface area contributed by atoms with Crippen molar-refractivity contribution in [2.75, 3.05) is 11.1 Å². The summed E-state index contributed by atoms with van der Waals surface area (Å²) in [5.41, 5.74) is 8.92. The van der Waals surface area contributed by atoms with Crippen LogP contribution in [0.15, 0.2) is 48.5 Å². The van der Waals surface area contributed by atoms with Crippen LogP contribution < -0.4 is 11.1 Å². The summed E-state index contributed by atoms with van der Waals surface area (Å²) >= 11 is 0. The van der Waals surface area contributed by atoms with Crippen molar-refractivity contribution in [3.05, 3.63) is 54.1 Å². The van der Waals surface area contributed by atoms with Crippen molar-refractivity contribution in [2.24, 2.45) is 0 Å². The van der Waals surface area contributed by atoms with Gasteiger partial charge in [-0.3, -0.25) is 0 Å². The summed E-state index contributed by atoms with van der Waals surface area (Å²) in [6.45, 7) is 2.03. The number of fused-ring (bicyclic) bond motifs is 1.